The lowest BCUT2D eigenvalue weighted by molar-refractivity contribution is -0.138. The average Bonchev–Trinajstić information content (AvgIpc) is 2.81. The Bertz CT molecular complexity index is 1060. The molecule has 0 fully saturated rings. The lowest BCUT2D eigenvalue weighted by atomic mass is 10.1. The summed E-state index contributed by atoms with van der Waals surface area (Å²) >= 11 is 0. The maximum atomic E-state index is 13.3. The van der Waals surface area contributed by atoms with Gasteiger partial charge < -0.3 is 31.6 Å². The Labute approximate surface area is 203 Å². The molecule has 0 bridgehead atoms. The van der Waals surface area contributed by atoms with E-state index >= 15 is 0 Å². The lowest BCUT2D eigenvalue weighted by Crippen LogP contribution is -2.14. The normalized spacial score (nSPS) is 11.8. The van der Waals surface area contributed by atoms with Gasteiger partial charge in [0.25, 0.3) is 0 Å². The summed E-state index contributed by atoms with van der Waals surface area (Å²) in [5, 5.41) is 5.57. The molecule has 0 saturated carbocycles. The number of ether oxygens (including phenoxy) is 2. The van der Waals surface area contributed by atoms with Crippen LogP contribution in [0.4, 0.5) is 37.7 Å². The molecule has 3 aromatic carbocycles. The molecule has 6 nitrogen and oxygen atoms in total. The van der Waals surface area contributed by atoms with Gasteiger partial charge in [0, 0.05) is 49.7 Å². The molecular formula is C24H24F6N4O2. The van der Waals surface area contributed by atoms with Crippen molar-refractivity contribution in [1.82, 2.24) is 0 Å². The van der Waals surface area contributed by atoms with Crippen molar-refractivity contribution >= 4 is 11.4 Å². The number of nitrogens with one attached hydrogen (secondary N) is 2. The van der Waals surface area contributed by atoms with Gasteiger partial charge in [0.2, 0.25) is 0 Å². The smallest absolute Gasteiger partial charge is 0.416 e. The molecule has 0 radical (unpaired) electrons. The van der Waals surface area contributed by atoms with Gasteiger partial charge in [0.05, 0.1) is 11.1 Å². The molecule has 0 aromatic heterocycles. The van der Waals surface area contributed by atoms with Gasteiger partial charge in [-0.1, -0.05) is 0 Å². The topological polar surface area (TPSA) is 94.6 Å². The molecule has 3 rings (SSSR count). The fourth-order valence-corrected chi connectivity index (χ4v) is 3.13. The standard InChI is InChI=1S/C24H24F6N4O2/c25-23(26,27)15-9-17(33-7-5-31)13-21(11-15)35-19-1-2-20(4-3-19)36-22-12-16(24(28,29)30)10-18(14-22)34-8-6-32/h1-4,9-14,33-34H,5-8,31-32H2. The van der Waals surface area contributed by atoms with Crippen molar-refractivity contribution in [2.24, 2.45) is 11.5 Å². The number of benzene rings is 3. The monoisotopic (exact) mass is 514 g/mol. The molecule has 3 aromatic rings. The largest absolute Gasteiger partial charge is 0.457 e. The Morgan fingerprint density at radius 3 is 1.22 bits per heavy atom. The van der Waals surface area contributed by atoms with Crippen LogP contribution in [0.2, 0.25) is 0 Å². The van der Waals surface area contributed by atoms with E-state index in [1.807, 2.05) is 0 Å². The molecule has 36 heavy (non-hydrogen) atoms. The van der Waals surface area contributed by atoms with Gasteiger partial charge in [-0.25, -0.2) is 0 Å². The fraction of sp³-hybridized carbons (Fsp3) is 0.250. The van der Waals surface area contributed by atoms with E-state index in [-0.39, 0.29) is 60.6 Å². The van der Waals surface area contributed by atoms with Crippen LogP contribution in [0.3, 0.4) is 0 Å². The molecule has 0 saturated heterocycles. The second-order valence-electron chi connectivity index (χ2n) is 7.59. The van der Waals surface area contributed by atoms with Crippen LogP contribution in [0.1, 0.15) is 11.1 Å². The van der Waals surface area contributed by atoms with Crippen molar-refractivity contribution in [1.29, 1.82) is 0 Å². The van der Waals surface area contributed by atoms with Gasteiger partial charge in [0.1, 0.15) is 23.0 Å². The number of nitrogens with two attached hydrogens (primary N) is 2. The Hall–Kier alpha value is -3.64. The summed E-state index contributed by atoms with van der Waals surface area (Å²) in [5.41, 5.74) is 9.37. The maximum absolute atomic E-state index is 13.3. The minimum atomic E-state index is -4.58. The Balaban J connectivity index is 1.79. The van der Waals surface area contributed by atoms with Crippen LogP contribution in [0.25, 0.3) is 0 Å². The average molecular weight is 514 g/mol. The van der Waals surface area contributed by atoms with Crippen LogP contribution in [-0.4, -0.2) is 26.2 Å². The predicted octanol–water partition coefficient (Wildman–Crippen LogP) is 6.05. The first kappa shape index (κ1) is 27.0. The van der Waals surface area contributed by atoms with E-state index in [4.69, 9.17) is 20.9 Å². The van der Waals surface area contributed by atoms with Gasteiger partial charge in [-0.15, -0.1) is 0 Å². The van der Waals surface area contributed by atoms with Crippen molar-refractivity contribution < 1.29 is 35.8 Å². The summed E-state index contributed by atoms with van der Waals surface area (Å²) in [5.74, 6) is 0.264. The van der Waals surface area contributed by atoms with E-state index in [2.05, 4.69) is 10.6 Å². The van der Waals surface area contributed by atoms with Gasteiger partial charge >= 0.3 is 12.4 Å². The number of hydrogen-bond donors (Lipinski definition) is 4. The number of anilines is 2. The van der Waals surface area contributed by atoms with Crippen molar-refractivity contribution in [2.75, 3.05) is 36.8 Å². The van der Waals surface area contributed by atoms with E-state index in [9.17, 15) is 26.3 Å². The van der Waals surface area contributed by atoms with E-state index in [0.29, 0.717) is 0 Å². The molecule has 12 heteroatoms. The molecule has 0 unspecified atom stereocenters. The molecule has 0 aliphatic rings. The maximum Gasteiger partial charge on any atom is 0.416 e. The molecule has 0 heterocycles. The zero-order chi connectivity index (χ0) is 26.3. The molecule has 0 aliphatic carbocycles. The summed E-state index contributed by atoms with van der Waals surface area (Å²) in [7, 11) is 0. The van der Waals surface area contributed by atoms with Crippen LogP contribution in [0, 0.1) is 0 Å². The second-order valence-corrected chi connectivity index (χ2v) is 7.59. The highest BCUT2D eigenvalue weighted by molar-refractivity contribution is 5.54. The summed E-state index contributed by atoms with van der Waals surface area (Å²) in [4.78, 5) is 0. The van der Waals surface area contributed by atoms with Crippen molar-refractivity contribution in [3.05, 3.63) is 71.8 Å². The van der Waals surface area contributed by atoms with Crippen molar-refractivity contribution in [3.63, 3.8) is 0 Å². The summed E-state index contributed by atoms with van der Waals surface area (Å²) in [6, 6.07) is 12.1. The fourth-order valence-electron chi connectivity index (χ4n) is 3.13. The molecule has 6 N–H and O–H groups in total. The summed E-state index contributed by atoms with van der Waals surface area (Å²) in [6.07, 6.45) is -9.17. The minimum Gasteiger partial charge on any atom is -0.457 e. The molecule has 0 amide bonds. The van der Waals surface area contributed by atoms with Gasteiger partial charge in [-0.2, -0.15) is 26.3 Å². The van der Waals surface area contributed by atoms with Gasteiger partial charge in [-0.3, -0.25) is 0 Å². The van der Waals surface area contributed by atoms with Crippen LogP contribution in [0.5, 0.6) is 23.0 Å². The van der Waals surface area contributed by atoms with Crippen LogP contribution >= 0.6 is 0 Å². The van der Waals surface area contributed by atoms with E-state index in [1.54, 1.807) is 0 Å². The van der Waals surface area contributed by atoms with E-state index in [1.165, 1.54) is 36.4 Å². The number of hydrogen-bond acceptors (Lipinski definition) is 6. The molecule has 0 aliphatic heterocycles. The zero-order valence-electron chi connectivity index (χ0n) is 18.8. The van der Waals surface area contributed by atoms with Crippen LogP contribution < -0.4 is 31.6 Å². The molecule has 0 spiro atoms. The zero-order valence-corrected chi connectivity index (χ0v) is 18.8. The van der Waals surface area contributed by atoms with Gasteiger partial charge in [0.15, 0.2) is 0 Å². The second kappa shape index (κ2) is 11.4. The predicted molar refractivity (Wildman–Crippen MR) is 125 cm³/mol. The van der Waals surface area contributed by atoms with E-state index in [0.717, 1.165) is 24.3 Å². The summed E-state index contributed by atoms with van der Waals surface area (Å²) < 4.78 is 90.7. The number of rotatable bonds is 10. The Morgan fingerprint density at radius 2 is 0.917 bits per heavy atom. The van der Waals surface area contributed by atoms with Crippen LogP contribution in [0.15, 0.2) is 60.7 Å². The third-order valence-corrected chi connectivity index (χ3v) is 4.71. The number of alkyl halides is 6. The quantitative estimate of drug-likeness (QED) is 0.246. The SMILES string of the molecule is NCCNc1cc(Oc2ccc(Oc3cc(NCCN)cc(C(F)(F)F)c3)cc2)cc(C(F)(F)F)c1. The van der Waals surface area contributed by atoms with E-state index < -0.39 is 23.5 Å². The van der Waals surface area contributed by atoms with Crippen molar-refractivity contribution in [3.8, 4) is 23.0 Å². The van der Waals surface area contributed by atoms with Crippen LogP contribution in [-0.2, 0) is 12.4 Å². The van der Waals surface area contributed by atoms with Crippen molar-refractivity contribution in [2.45, 2.75) is 12.4 Å². The van der Waals surface area contributed by atoms with Gasteiger partial charge in [-0.05, 0) is 48.5 Å². The summed E-state index contributed by atoms with van der Waals surface area (Å²) in [6.45, 7) is 0.992. The first-order chi connectivity index (χ1) is 17.0. The highest BCUT2D eigenvalue weighted by Gasteiger charge is 2.32. The third-order valence-electron chi connectivity index (χ3n) is 4.71. The molecular weight excluding hydrogens is 490 g/mol. The highest BCUT2D eigenvalue weighted by atomic mass is 19.4. The third kappa shape index (κ3) is 7.68. The number of halogens is 6. The minimum absolute atomic E-state index is 0.0634. The first-order valence-corrected chi connectivity index (χ1v) is 10.8. The highest BCUT2D eigenvalue weighted by Crippen LogP contribution is 2.37. The Kier molecular flexibility index (Phi) is 8.53. The lowest BCUT2D eigenvalue weighted by Gasteiger charge is -2.15. The first-order valence-electron chi connectivity index (χ1n) is 10.8. The molecule has 0 atom stereocenters. The Morgan fingerprint density at radius 1 is 0.556 bits per heavy atom. The molecule has 194 valence electrons.